The van der Waals surface area contributed by atoms with Crippen LogP contribution in [0.15, 0.2) is 85.1 Å². The summed E-state index contributed by atoms with van der Waals surface area (Å²) in [5, 5.41) is 8.31. The van der Waals surface area contributed by atoms with Crippen LogP contribution in [-0.2, 0) is 4.74 Å². The van der Waals surface area contributed by atoms with Crippen molar-refractivity contribution in [2.24, 2.45) is 5.92 Å². The number of piperidine rings is 3. The molecule has 1 amide bonds. The van der Waals surface area contributed by atoms with Gasteiger partial charge in [-0.2, -0.15) is 0 Å². The molecule has 5 saturated heterocycles. The highest BCUT2D eigenvalue weighted by atomic mass is 16.5. The molecule has 10 rings (SSSR count). The Morgan fingerprint density at radius 1 is 1.00 bits per heavy atom. The van der Waals surface area contributed by atoms with Crippen molar-refractivity contribution in [1.29, 1.82) is 0 Å². The fourth-order valence-corrected chi connectivity index (χ4v) is 7.67. The van der Waals surface area contributed by atoms with E-state index in [1.54, 1.807) is 0 Å². The molecule has 194 valence electrons. The van der Waals surface area contributed by atoms with Crippen LogP contribution < -0.4 is 5.32 Å². The van der Waals surface area contributed by atoms with E-state index in [9.17, 15) is 4.79 Å². The maximum Gasteiger partial charge on any atom is 0.256 e. The van der Waals surface area contributed by atoms with Gasteiger partial charge in [0.05, 0.1) is 22.8 Å². The second-order valence-electron chi connectivity index (χ2n) is 11.5. The van der Waals surface area contributed by atoms with Crippen molar-refractivity contribution in [2.45, 2.75) is 43.9 Å². The van der Waals surface area contributed by atoms with E-state index in [0.717, 1.165) is 51.1 Å². The number of hydrogen-bond acceptors (Lipinski definition) is 4. The largest absolute Gasteiger partial charge is 0.364 e. The summed E-state index contributed by atoms with van der Waals surface area (Å²) in [6.07, 6.45) is 5.41. The summed E-state index contributed by atoms with van der Waals surface area (Å²) in [7, 11) is 0. The first-order chi connectivity index (χ1) is 19.1. The molecule has 0 radical (unpaired) electrons. The first-order valence-corrected chi connectivity index (χ1v) is 14.2. The summed E-state index contributed by atoms with van der Waals surface area (Å²) in [4.78, 5) is 21.2. The molecule has 5 heteroatoms. The lowest BCUT2D eigenvalue weighted by Gasteiger charge is -2.64. The number of aromatic nitrogens is 1. The minimum atomic E-state index is -0.103. The summed E-state index contributed by atoms with van der Waals surface area (Å²) in [6, 6.07) is 26.9. The number of nitrogens with zero attached hydrogens (tertiary/aromatic N) is 2. The molecule has 0 aliphatic carbocycles. The van der Waals surface area contributed by atoms with E-state index < -0.39 is 0 Å². The predicted molar refractivity (Wildman–Crippen MR) is 156 cm³/mol. The summed E-state index contributed by atoms with van der Waals surface area (Å²) in [5.41, 5.74) is 3.54. The zero-order valence-corrected chi connectivity index (χ0v) is 22.1. The molecule has 1 aromatic heterocycles. The zero-order chi connectivity index (χ0) is 26.1. The van der Waals surface area contributed by atoms with Gasteiger partial charge in [0.15, 0.2) is 0 Å². The van der Waals surface area contributed by atoms with Gasteiger partial charge < -0.3 is 10.1 Å². The molecule has 6 heterocycles. The Morgan fingerprint density at radius 3 is 2.49 bits per heavy atom. The Bertz CT molecular complexity index is 1730. The fourth-order valence-electron chi connectivity index (χ4n) is 7.67. The van der Waals surface area contributed by atoms with Crippen LogP contribution in [0, 0.1) is 5.92 Å². The van der Waals surface area contributed by atoms with Gasteiger partial charge in [0.2, 0.25) is 0 Å². The Labute approximate surface area is 227 Å². The first-order valence-electron chi connectivity index (χ1n) is 14.2. The van der Waals surface area contributed by atoms with Crippen LogP contribution >= 0.6 is 0 Å². The van der Waals surface area contributed by atoms with Gasteiger partial charge in [-0.1, -0.05) is 55.5 Å². The number of anilines is 1. The zero-order valence-electron chi connectivity index (χ0n) is 22.1. The maximum absolute atomic E-state index is 13.9. The first kappa shape index (κ1) is 23.1. The monoisotopic (exact) mass is 513 g/mol. The van der Waals surface area contributed by atoms with Gasteiger partial charge in [0.25, 0.3) is 5.91 Å². The van der Waals surface area contributed by atoms with Crippen LogP contribution in [0.2, 0.25) is 0 Å². The van der Waals surface area contributed by atoms with Crippen LogP contribution in [-0.4, -0.2) is 40.5 Å². The van der Waals surface area contributed by atoms with Crippen molar-refractivity contribution in [1.82, 2.24) is 9.88 Å². The lowest BCUT2D eigenvalue weighted by atomic mass is 9.66. The van der Waals surface area contributed by atoms with Crippen molar-refractivity contribution in [3.63, 3.8) is 0 Å². The molecule has 5 aliphatic heterocycles. The molecule has 5 nitrogen and oxygen atoms in total. The SMILES string of the molecule is CC[C@]12CN3CC[C@H]1C[C@H]3[C@H](c1ccnc3ccc(NC(=O)c4c5ccccc5cc5ccccc45)cc13)O2. The average molecular weight is 514 g/mol. The number of amides is 1. The number of carbonyl (C=O) groups is 1. The van der Waals surface area contributed by atoms with Gasteiger partial charge in [-0.25, -0.2) is 0 Å². The Balaban J connectivity index is 1.19. The molecule has 4 bridgehead atoms. The van der Waals surface area contributed by atoms with Crippen LogP contribution in [0.3, 0.4) is 0 Å². The number of benzene rings is 4. The van der Waals surface area contributed by atoms with E-state index in [2.05, 4.69) is 52.5 Å². The van der Waals surface area contributed by atoms with Gasteiger partial charge in [0.1, 0.15) is 0 Å². The fraction of sp³-hybridized carbons (Fsp3) is 0.294. The van der Waals surface area contributed by atoms with Crippen LogP contribution in [0.4, 0.5) is 5.69 Å². The molecule has 4 aromatic carbocycles. The van der Waals surface area contributed by atoms with E-state index in [-0.39, 0.29) is 17.6 Å². The van der Waals surface area contributed by atoms with Gasteiger partial charge in [-0.05, 0) is 89.2 Å². The Hall–Kier alpha value is -3.80. The van der Waals surface area contributed by atoms with E-state index in [1.165, 1.54) is 24.9 Å². The molecule has 5 aliphatic rings. The number of pyridine rings is 1. The molecule has 1 N–H and O–H groups in total. The summed E-state index contributed by atoms with van der Waals surface area (Å²) in [6.45, 7) is 4.49. The number of ether oxygens (including phenoxy) is 1. The van der Waals surface area contributed by atoms with Gasteiger partial charge >= 0.3 is 0 Å². The standard InChI is InChI=1S/C34H31N3O2/c1-2-34-20-37-16-14-23(34)18-30(37)32(39-34)27-13-15-35-29-12-11-24(19-28(27)29)36-33(38)31-25-9-5-3-7-21(25)17-22-8-4-6-10-26(22)31/h3-13,15,17,19,23,30,32H,2,14,16,18,20H2,1H3,(H,36,38)/t23-,30-,32-,34-/m0/s1. The normalized spacial score (nSPS) is 27.4. The number of morpholine rings is 1. The third-order valence-corrected chi connectivity index (χ3v) is 9.62. The van der Waals surface area contributed by atoms with Gasteiger partial charge in [-0.15, -0.1) is 0 Å². The second kappa shape index (κ2) is 8.60. The van der Waals surface area contributed by atoms with Gasteiger partial charge in [-0.3, -0.25) is 14.7 Å². The maximum atomic E-state index is 13.9. The molecule has 39 heavy (non-hydrogen) atoms. The van der Waals surface area contributed by atoms with Crippen molar-refractivity contribution < 1.29 is 9.53 Å². The summed E-state index contributed by atoms with van der Waals surface area (Å²) in [5.74, 6) is 0.557. The minimum absolute atomic E-state index is 0.0220. The number of hydrogen-bond donors (Lipinski definition) is 1. The second-order valence-corrected chi connectivity index (χ2v) is 11.5. The molecule has 5 fully saturated rings. The van der Waals surface area contributed by atoms with Gasteiger partial charge in [0, 0.05) is 29.9 Å². The number of carbonyl (C=O) groups excluding carboxylic acids is 1. The van der Waals surface area contributed by atoms with Crippen molar-refractivity contribution in [3.8, 4) is 0 Å². The summed E-state index contributed by atoms with van der Waals surface area (Å²) < 4.78 is 6.98. The molecule has 1 unspecified atom stereocenters. The quantitative estimate of drug-likeness (QED) is 0.260. The van der Waals surface area contributed by atoms with E-state index >= 15 is 0 Å². The van der Waals surface area contributed by atoms with Crippen LogP contribution in [0.1, 0.15) is 48.2 Å². The van der Waals surface area contributed by atoms with Crippen LogP contribution in [0.5, 0.6) is 0 Å². The van der Waals surface area contributed by atoms with E-state index in [4.69, 9.17) is 4.74 Å². The highest BCUT2D eigenvalue weighted by Crippen LogP contribution is 2.54. The molecular formula is C34H31N3O2. The third-order valence-electron chi connectivity index (χ3n) is 9.62. The third kappa shape index (κ3) is 3.46. The van der Waals surface area contributed by atoms with E-state index in [1.807, 2.05) is 54.7 Å². The summed E-state index contributed by atoms with van der Waals surface area (Å²) >= 11 is 0. The van der Waals surface area contributed by atoms with Crippen molar-refractivity contribution in [3.05, 3.63) is 96.2 Å². The highest BCUT2D eigenvalue weighted by Gasteiger charge is 2.58. The predicted octanol–water partition coefficient (Wildman–Crippen LogP) is 7.11. The molecule has 0 spiro atoms. The Kier molecular flexibility index (Phi) is 5.10. The van der Waals surface area contributed by atoms with E-state index in [0.29, 0.717) is 17.5 Å². The lowest BCUT2D eigenvalue weighted by molar-refractivity contribution is -0.274. The average Bonchev–Trinajstić information content (AvgIpc) is 2.99. The topological polar surface area (TPSA) is 54.5 Å². The Morgan fingerprint density at radius 2 is 1.77 bits per heavy atom. The lowest BCUT2D eigenvalue weighted by Crippen LogP contribution is -2.70. The number of rotatable bonds is 4. The highest BCUT2D eigenvalue weighted by molar-refractivity contribution is 6.22. The van der Waals surface area contributed by atoms with Crippen molar-refractivity contribution >= 4 is 44.0 Å². The van der Waals surface area contributed by atoms with Crippen LogP contribution in [0.25, 0.3) is 32.4 Å². The van der Waals surface area contributed by atoms with Crippen molar-refractivity contribution in [2.75, 3.05) is 18.4 Å². The molecule has 0 saturated carbocycles. The number of nitrogens with one attached hydrogen (secondary N) is 1. The number of fused-ring (bicyclic) bond motifs is 5. The minimum Gasteiger partial charge on any atom is -0.364 e. The molecule has 5 aromatic rings. The molecule has 5 atom stereocenters. The smallest absolute Gasteiger partial charge is 0.256 e. The molecular weight excluding hydrogens is 482 g/mol.